The Hall–Kier alpha value is -1.35. The minimum Gasteiger partial charge on any atom is -0.384 e. The highest BCUT2D eigenvalue weighted by molar-refractivity contribution is 7.99. The number of nitriles is 1. The zero-order valence-electron chi connectivity index (χ0n) is 12.1. The number of anilines is 1. The standard InChI is InChI=1S/C15H19F3N2S/c1-14(2,8-5-9-19)10-20-12-6-3-4-7-13(12)21-11-15(16,17)18/h3-4,6-7,20H,5,8,10-11H2,1-2H3. The van der Waals surface area contributed by atoms with Crippen LogP contribution in [0.15, 0.2) is 29.2 Å². The van der Waals surface area contributed by atoms with Gasteiger partial charge in [-0.1, -0.05) is 26.0 Å². The highest BCUT2D eigenvalue weighted by Gasteiger charge is 2.27. The SMILES string of the molecule is CC(C)(CCC#N)CNc1ccccc1SCC(F)(F)F. The number of rotatable bonds is 7. The lowest BCUT2D eigenvalue weighted by atomic mass is 9.88. The number of thioether (sulfide) groups is 1. The summed E-state index contributed by atoms with van der Waals surface area (Å²) in [6.45, 7) is 4.67. The maximum absolute atomic E-state index is 12.3. The maximum atomic E-state index is 12.3. The lowest BCUT2D eigenvalue weighted by molar-refractivity contribution is -0.105. The van der Waals surface area contributed by atoms with Crippen molar-refractivity contribution < 1.29 is 13.2 Å². The zero-order valence-corrected chi connectivity index (χ0v) is 12.9. The van der Waals surface area contributed by atoms with E-state index in [9.17, 15) is 13.2 Å². The second-order valence-corrected chi connectivity index (χ2v) is 6.59. The third-order valence-electron chi connectivity index (χ3n) is 2.95. The molecule has 0 aromatic heterocycles. The molecule has 0 atom stereocenters. The van der Waals surface area contributed by atoms with Gasteiger partial charge in [0.05, 0.1) is 11.8 Å². The minimum atomic E-state index is -4.18. The van der Waals surface area contributed by atoms with Crippen LogP contribution in [-0.4, -0.2) is 18.5 Å². The first-order valence-corrected chi connectivity index (χ1v) is 7.61. The van der Waals surface area contributed by atoms with Crippen LogP contribution in [-0.2, 0) is 0 Å². The molecule has 0 spiro atoms. The van der Waals surface area contributed by atoms with E-state index >= 15 is 0 Å². The molecule has 0 radical (unpaired) electrons. The van der Waals surface area contributed by atoms with E-state index in [1.165, 1.54) is 0 Å². The van der Waals surface area contributed by atoms with Gasteiger partial charge in [0.2, 0.25) is 0 Å². The fourth-order valence-electron chi connectivity index (χ4n) is 1.72. The van der Waals surface area contributed by atoms with Gasteiger partial charge in [-0.25, -0.2) is 0 Å². The highest BCUT2D eigenvalue weighted by atomic mass is 32.2. The van der Waals surface area contributed by atoms with E-state index < -0.39 is 11.9 Å². The Morgan fingerprint density at radius 2 is 1.90 bits per heavy atom. The van der Waals surface area contributed by atoms with Crippen molar-refractivity contribution in [3.63, 3.8) is 0 Å². The molecule has 0 unspecified atom stereocenters. The maximum Gasteiger partial charge on any atom is 0.398 e. The molecule has 2 nitrogen and oxygen atoms in total. The number of halogens is 3. The fraction of sp³-hybridized carbons (Fsp3) is 0.533. The second-order valence-electron chi connectivity index (χ2n) is 5.58. The Morgan fingerprint density at radius 1 is 1.24 bits per heavy atom. The van der Waals surface area contributed by atoms with E-state index in [1.807, 2.05) is 13.8 Å². The van der Waals surface area contributed by atoms with E-state index in [0.717, 1.165) is 18.2 Å². The summed E-state index contributed by atoms with van der Waals surface area (Å²) in [6.07, 6.45) is -2.96. The van der Waals surface area contributed by atoms with E-state index in [4.69, 9.17) is 5.26 Å². The predicted molar refractivity (Wildman–Crippen MR) is 80.3 cm³/mol. The molecule has 0 fully saturated rings. The molecule has 116 valence electrons. The van der Waals surface area contributed by atoms with Crippen molar-refractivity contribution >= 4 is 17.4 Å². The van der Waals surface area contributed by atoms with Gasteiger partial charge in [-0.3, -0.25) is 0 Å². The number of nitrogens with zero attached hydrogens (tertiary/aromatic N) is 1. The molecule has 0 amide bonds. The summed E-state index contributed by atoms with van der Waals surface area (Å²) in [5.41, 5.74) is 0.620. The first-order valence-electron chi connectivity index (χ1n) is 6.63. The third-order valence-corrected chi connectivity index (χ3v) is 4.09. The van der Waals surface area contributed by atoms with Gasteiger partial charge < -0.3 is 5.32 Å². The summed E-state index contributed by atoms with van der Waals surface area (Å²) in [5.74, 6) is -0.899. The van der Waals surface area contributed by atoms with Gasteiger partial charge in [0.15, 0.2) is 0 Å². The molecular formula is C15H19F3N2S. The lowest BCUT2D eigenvalue weighted by Crippen LogP contribution is -2.23. The van der Waals surface area contributed by atoms with Crippen LogP contribution in [0.25, 0.3) is 0 Å². The van der Waals surface area contributed by atoms with Crippen molar-refractivity contribution in [1.29, 1.82) is 5.26 Å². The molecule has 1 aromatic carbocycles. The summed E-state index contributed by atoms with van der Waals surface area (Å²) in [4.78, 5) is 0.589. The predicted octanol–water partition coefficient (Wildman–Crippen LogP) is 5.08. The molecule has 0 aliphatic carbocycles. The first kappa shape index (κ1) is 17.7. The molecule has 0 saturated heterocycles. The van der Waals surface area contributed by atoms with Gasteiger partial charge in [-0.15, -0.1) is 11.8 Å². The molecule has 0 saturated carbocycles. The average molecular weight is 316 g/mol. The van der Waals surface area contributed by atoms with Gasteiger partial charge in [-0.05, 0) is 24.0 Å². The van der Waals surface area contributed by atoms with Crippen molar-refractivity contribution in [2.75, 3.05) is 17.6 Å². The molecule has 0 bridgehead atoms. The molecule has 21 heavy (non-hydrogen) atoms. The number of hydrogen-bond donors (Lipinski definition) is 1. The van der Waals surface area contributed by atoms with Crippen molar-refractivity contribution in [3.8, 4) is 6.07 Å². The summed E-state index contributed by atoms with van der Waals surface area (Å²) in [7, 11) is 0. The Labute approximate surface area is 127 Å². The molecule has 1 N–H and O–H groups in total. The van der Waals surface area contributed by atoms with Crippen LogP contribution in [0.3, 0.4) is 0 Å². The van der Waals surface area contributed by atoms with Crippen LogP contribution < -0.4 is 5.32 Å². The van der Waals surface area contributed by atoms with Gasteiger partial charge in [-0.2, -0.15) is 18.4 Å². The summed E-state index contributed by atoms with van der Waals surface area (Å²) in [5, 5.41) is 11.8. The molecule has 1 aromatic rings. The number of nitrogens with one attached hydrogen (secondary N) is 1. The van der Waals surface area contributed by atoms with E-state index in [2.05, 4.69) is 11.4 Å². The van der Waals surface area contributed by atoms with Gasteiger partial charge in [0, 0.05) is 23.5 Å². The molecule has 1 rings (SSSR count). The summed E-state index contributed by atoms with van der Waals surface area (Å²) < 4.78 is 36.9. The van der Waals surface area contributed by atoms with E-state index in [1.54, 1.807) is 24.3 Å². The van der Waals surface area contributed by atoms with Gasteiger partial charge in [0.1, 0.15) is 0 Å². The minimum absolute atomic E-state index is 0.0858. The van der Waals surface area contributed by atoms with E-state index in [0.29, 0.717) is 23.5 Å². The summed E-state index contributed by atoms with van der Waals surface area (Å²) >= 11 is 0.783. The largest absolute Gasteiger partial charge is 0.398 e. The summed E-state index contributed by atoms with van der Waals surface area (Å²) in [6, 6.07) is 9.09. The smallest absolute Gasteiger partial charge is 0.384 e. The molecule has 0 aliphatic rings. The zero-order chi connectivity index (χ0) is 15.9. The number of alkyl halides is 3. The van der Waals surface area contributed by atoms with Crippen molar-refractivity contribution in [3.05, 3.63) is 24.3 Å². The second kappa shape index (κ2) is 7.60. The lowest BCUT2D eigenvalue weighted by Gasteiger charge is -2.25. The number of hydrogen-bond acceptors (Lipinski definition) is 3. The molecular weight excluding hydrogens is 297 g/mol. The van der Waals surface area contributed by atoms with E-state index in [-0.39, 0.29) is 5.41 Å². The molecule has 0 aliphatic heterocycles. The Morgan fingerprint density at radius 3 is 2.52 bits per heavy atom. The van der Waals surface area contributed by atoms with Crippen LogP contribution >= 0.6 is 11.8 Å². The van der Waals surface area contributed by atoms with Crippen LogP contribution in [0.5, 0.6) is 0 Å². The quantitative estimate of drug-likeness (QED) is 0.712. The normalized spacial score (nSPS) is 12.0. The number of para-hydroxylation sites is 1. The van der Waals surface area contributed by atoms with Crippen LogP contribution in [0.1, 0.15) is 26.7 Å². The van der Waals surface area contributed by atoms with Crippen molar-refractivity contribution in [2.45, 2.75) is 37.8 Å². The van der Waals surface area contributed by atoms with Gasteiger partial charge >= 0.3 is 6.18 Å². The average Bonchev–Trinajstić information content (AvgIpc) is 2.41. The highest BCUT2D eigenvalue weighted by Crippen LogP contribution is 2.33. The van der Waals surface area contributed by atoms with Crippen LogP contribution in [0, 0.1) is 16.7 Å². The Balaban J connectivity index is 2.65. The number of benzene rings is 1. The van der Waals surface area contributed by atoms with Crippen molar-refractivity contribution in [1.82, 2.24) is 0 Å². The fourth-order valence-corrected chi connectivity index (χ4v) is 2.50. The Kier molecular flexibility index (Phi) is 6.41. The molecule has 6 heteroatoms. The van der Waals surface area contributed by atoms with Crippen molar-refractivity contribution in [2.24, 2.45) is 5.41 Å². The Bertz CT molecular complexity index is 492. The first-order chi connectivity index (χ1) is 9.73. The topological polar surface area (TPSA) is 35.8 Å². The van der Waals surface area contributed by atoms with Crippen LogP contribution in [0.2, 0.25) is 0 Å². The third kappa shape index (κ3) is 7.28. The monoisotopic (exact) mass is 316 g/mol. The van der Waals surface area contributed by atoms with Gasteiger partial charge in [0.25, 0.3) is 0 Å². The molecule has 0 heterocycles. The van der Waals surface area contributed by atoms with Crippen LogP contribution in [0.4, 0.5) is 18.9 Å².